The van der Waals surface area contributed by atoms with Crippen molar-refractivity contribution in [3.8, 4) is 5.75 Å². The maximum atomic E-state index is 13.6. The summed E-state index contributed by atoms with van der Waals surface area (Å²) in [5.41, 5.74) is 3.53. The summed E-state index contributed by atoms with van der Waals surface area (Å²) in [4.78, 5) is 7.87. The molecular weight excluding hydrogens is 293 g/mol. The minimum atomic E-state index is -0.432. The molecule has 2 aromatic heterocycles. The van der Waals surface area contributed by atoms with Crippen molar-refractivity contribution in [3.05, 3.63) is 59.8 Å². The minimum Gasteiger partial charge on any atom is -0.507 e. The van der Waals surface area contributed by atoms with Crippen molar-refractivity contribution in [1.82, 2.24) is 14.5 Å². The Labute approximate surface area is 132 Å². The summed E-state index contributed by atoms with van der Waals surface area (Å²) in [5.74, 6) is 0.362. The van der Waals surface area contributed by atoms with Gasteiger partial charge in [-0.3, -0.25) is 0 Å². The highest BCUT2D eigenvalue weighted by Crippen LogP contribution is 2.32. The van der Waals surface area contributed by atoms with Crippen LogP contribution in [0.2, 0.25) is 0 Å². The van der Waals surface area contributed by atoms with Gasteiger partial charge in [-0.1, -0.05) is 12.1 Å². The van der Waals surface area contributed by atoms with E-state index in [0.717, 1.165) is 28.5 Å². The van der Waals surface area contributed by atoms with Crippen molar-refractivity contribution in [2.75, 3.05) is 0 Å². The third kappa shape index (κ3) is 2.25. The van der Waals surface area contributed by atoms with E-state index < -0.39 is 5.82 Å². The van der Waals surface area contributed by atoms with Crippen LogP contribution < -0.4 is 0 Å². The molecule has 0 radical (unpaired) electrons. The van der Waals surface area contributed by atoms with E-state index in [1.54, 1.807) is 0 Å². The molecule has 0 bridgehead atoms. The largest absolute Gasteiger partial charge is 0.507 e. The molecule has 116 valence electrons. The Balaban J connectivity index is 1.85. The van der Waals surface area contributed by atoms with E-state index in [1.165, 1.54) is 6.07 Å². The Morgan fingerprint density at radius 3 is 2.87 bits per heavy atom. The van der Waals surface area contributed by atoms with Crippen LogP contribution >= 0.6 is 0 Å². The van der Waals surface area contributed by atoms with Gasteiger partial charge in [0.25, 0.3) is 0 Å². The third-order valence-corrected chi connectivity index (χ3v) is 4.14. The summed E-state index contributed by atoms with van der Waals surface area (Å²) in [5, 5.41) is 10.9. The molecule has 0 aliphatic heterocycles. The standard InChI is InChI=1S/C18H16FN3O/c1-2-22-10-11(18-15(22)8-12(19)9-16(18)23)7-17-20-13-5-3-4-6-14(13)21-17/h3-6,8-10,23H,2,7H2,1H3,(H,20,21). The molecule has 0 spiro atoms. The monoisotopic (exact) mass is 309 g/mol. The predicted octanol–water partition coefficient (Wildman–Crippen LogP) is 3.97. The SMILES string of the molecule is CCn1cc(Cc2nc3ccccc3[nH]2)c2c(O)cc(F)cc21. The summed E-state index contributed by atoms with van der Waals surface area (Å²) in [7, 11) is 0. The number of aromatic amines is 1. The van der Waals surface area contributed by atoms with Crippen LogP contribution in [0.1, 0.15) is 18.3 Å². The quantitative estimate of drug-likeness (QED) is 0.601. The second-order valence-electron chi connectivity index (χ2n) is 5.64. The van der Waals surface area contributed by atoms with Gasteiger partial charge in [-0.25, -0.2) is 9.37 Å². The van der Waals surface area contributed by atoms with Crippen LogP contribution in [0.5, 0.6) is 5.75 Å². The summed E-state index contributed by atoms with van der Waals surface area (Å²) in [6, 6.07) is 10.5. The number of nitrogens with one attached hydrogen (secondary N) is 1. The molecule has 0 saturated heterocycles. The normalized spacial score (nSPS) is 11.6. The second kappa shape index (κ2) is 5.12. The molecule has 23 heavy (non-hydrogen) atoms. The molecule has 2 aromatic carbocycles. The molecule has 0 saturated carbocycles. The van der Waals surface area contributed by atoms with Crippen molar-refractivity contribution < 1.29 is 9.50 Å². The van der Waals surface area contributed by atoms with Crippen molar-refractivity contribution >= 4 is 21.9 Å². The number of aromatic hydroxyl groups is 1. The number of benzene rings is 2. The highest BCUT2D eigenvalue weighted by atomic mass is 19.1. The van der Waals surface area contributed by atoms with Crippen molar-refractivity contribution in [2.45, 2.75) is 19.9 Å². The molecule has 2 heterocycles. The number of nitrogens with zero attached hydrogens (tertiary/aromatic N) is 2. The zero-order valence-corrected chi connectivity index (χ0v) is 12.7. The van der Waals surface area contributed by atoms with Gasteiger partial charge in [0.2, 0.25) is 0 Å². The number of phenolic OH excluding ortho intramolecular Hbond substituents is 1. The number of para-hydroxylation sites is 2. The highest BCUT2D eigenvalue weighted by molar-refractivity contribution is 5.90. The molecule has 0 aliphatic rings. The second-order valence-corrected chi connectivity index (χ2v) is 5.64. The third-order valence-electron chi connectivity index (χ3n) is 4.14. The van der Waals surface area contributed by atoms with Gasteiger partial charge < -0.3 is 14.7 Å². The van der Waals surface area contributed by atoms with E-state index in [9.17, 15) is 9.50 Å². The summed E-state index contributed by atoms with van der Waals surface area (Å²) in [6.45, 7) is 2.70. The maximum Gasteiger partial charge on any atom is 0.129 e. The lowest BCUT2D eigenvalue weighted by molar-refractivity contribution is 0.475. The number of rotatable bonds is 3. The maximum absolute atomic E-state index is 13.6. The van der Waals surface area contributed by atoms with Gasteiger partial charge in [0.1, 0.15) is 17.4 Å². The first kappa shape index (κ1) is 13.8. The number of hydrogen-bond donors (Lipinski definition) is 2. The van der Waals surface area contributed by atoms with E-state index in [0.29, 0.717) is 23.9 Å². The van der Waals surface area contributed by atoms with E-state index in [1.807, 2.05) is 42.0 Å². The van der Waals surface area contributed by atoms with Crippen molar-refractivity contribution in [2.24, 2.45) is 0 Å². The molecule has 0 aliphatic carbocycles. The summed E-state index contributed by atoms with van der Waals surface area (Å²) >= 11 is 0. The highest BCUT2D eigenvalue weighted by Gasteiger charge is 2.15. The molecule has 0 fully saturated rings. The Morgan fingerprint density at radius 2 is 2.09 bits per heavy atom. The Kier molecular flexibility index (Phi) is 3.08. The number of halogens is 1. The van der Waals surface area contributed by atoms with Gasteiger partial charge in [-0.15, -0.1) is 0 Å². The molecule has 5 heteroatoms. The average molecular weight is 309 g/mol. The van der Waals surface area contributed by atoms with Crippen LogP contribution in [0.3, 0.4) is 0 Å². The van der Waals surface area contributed by atoms with Crippen LogP contribution in [0.25, 0.3) is 21.9 Å². The number of aryl methyl sites for hydroxylation is 1. The smallest absolute Gasteiger partial charge is 0.129 e. The first-order valence-electron chi connectivity index (χ1n) is 7.59. The fraction of sp³-hybridized carbons (Fsp3) is 0.167. The van der Waals surface area contributed by atoms with Gasteiger partial charge in [0.15, 0.2) is 0 Å². The minimum absolute atomic E-state index is 0.0293. The fourth-order valence-corrected chi connectivity index (χ4v) is 3.12. The number of phenols is 1. The molecule has 0 unspecified atom stereocenters. The lowest BCUT2D eigenvalue weighted by Crippen LogP contribution is -1.91. The van der Waals surface area contributed by atoms with Gasteiger partial charge in [-0.2, -0.15) is 0 Å². The fourth-order valence-electron chi connectivity index (χ4n) is 3.12. The Bertz CT molecular complexity index is 983. The molecule has 4 nitrogen and oxygen atoms in total. The van der Waals surface area contributed by atoms with Crippen LogP contribution in [0.15, 0.2) is 42.6 Å². The zero-order chi connectivity index (χ0) is 16.0. The van der Waals surface area contributed by atoms with Gasteiger partial charge in [-0.05, 0) is 30.7 Å². The zero-order valence-electron chi connectivity index (χ0n) is 12.7. The lowest BCUT2D eigenvalue weighted by Gasteiger charge is -2.02. The average Bonchev–Trinajstić information content (AvgIpc) is 3.08. The van der Waals surface area contributed by atoms with Gasteiger partial charge in [0.05, 0.1) is 16.6 Å². The lowest BCUT2D eigenvalue weighted by atomic mass is 10.1. The Hall–Kier alpha value is -2.82. The predicted molar refractivity (Wildman–Crippen MR) is 88.1 cm³/mol. The number of aromatic nitrogens is 3. The molecule has 2 N–H and O–H groups in total. The van der Waals surface area contributed by atoms with E-state index >= 15 is 0 Å². The van der Waals surface area contributed by atoms with Crippen LogP contribution in [0, 0.1) is 5.82 Å². The first-order valence-corrected chi connectivity index (χ1v) is 7.59. The number of imidazole rings is 1. The van der Waals surface area contributed by atoms with Crippen molar-refractivity contribution in [1.29, 1.82) is 0 Å². The van der Waals surface area contributed by atoms with Gasteiger partial charge in [0, 0.05) is 30.6 Å². The Morgan fingerprint density at radius 1 is 1.26 bits per heavy atom. The van der Waals surface area contributed by atoms with Crippen molar-refractivity contribution in [3.63, 3.8) is 0 Å². The number of H-pyrrole nitrogens is 1. The first-order chi connectivity index (χ1) is 11.2. The van der Waals surface area contributed by atoms with E-state index in [2.05, 4.69) is 9.97 Å². The molecule has 0 atom stereocenters. The van der Waals surface area contributed by atoms with Crippen LogP contribution in [-0.4, -0.2) is 19.6 Å². The van der Waals surface area contributed by atoms with E-state index in [4.69, 9.17) is 0 Å². The van der Waals surface area contributed by atoms with Gasteiger partial charge >= 0.3 is 0 Å². The summed E-state index contributed by atoms with van der Waals surface area (Å²) < 4.78 is 15.5. The van der Waals surface area contributed by atoms with Crippen LogP contribution in [0.4, 0.5) is 4.39 Å². The molecule has 4 aromatic rings. The van der Waals surface area contributed by atoms with Crippen LogP contribution in [-0.2, 0) is 13.0 Å². The molecular formula is C18H16FN3O. The number of hydrogen-bond acceptors (Lipinski definition) is 2. The topological polar surface area (TPSA) is 53.8 Å². The molecule has 4 rings (SSSR count). The number of fused-ring (bicyclic) bond motifs is 2. The van der Waals surface area contributed by atoms with E-state index in [-0.39, 0.29) is 5.75 Å². The molecule has 0 amide bonds. The summed E-state index contributed by atoms with van der Waals surface area (Å²) in [6.07, 6.45) is 2.51.